The molecule has 6 rings (SSSR count). The van der Waals surface area contributed by atoms with E-state index in [9.17, 15) is 14.4 Å². The smallest absolute Gasteiger partial charge is 0.255 e. The van der Waals surface area contributed by atoms with E-state index in [1.54, 1.807) is 4.90 Å². The lowest BCUT2D eigenvalue weighted by Gasteiger charge is -2.44. The van der Waals surface area contributed by atoms with Gasteiger partial charge in [0.05, 0.1) is 6.04 Å². The predicted octanol–water partition coefficient (Wildman–Crippen LogP) is 3.41. The number of carbonyl (C=O) groups is 3. The first-order chi connectivity index (χ1) is 17.6. The molecule has 8 heteroatoms. The lowest BCUT2D eigenvalue weighted by atomic mass is 9.95. The van der Waals surface area contributed by atoms with Crippen LogP contribution in [0.3, 0.4) is 0 Å². The van der Waals surface area contributed by atoms with Crippen LogP contribution in [0.4, 0.5) is 0 Å². The maximum Gasteiger partial charge on any atom is 0.255 e. The van der Waals surface area contributed by atoms with E-state index in [1.165, 1.54) is 11.1 Å². The highest BCUT2D eigenvalue weighted by molar-refractivity contribution is 8.00. The molecule has 0 bridgehead atoms. The third kappa shape index (κ3) is 4.31. The van der Waals surface area contributed by atoms with Gasteiger partial charge in [-0.25, -0.2) is 0 Å². The number of fused-ring (bicyclic) bond motifs is 1. The van der Waals surface area contributed by atoms with Gasteiger partial charge < -0.3 is 4.90 Å². The molecule has 182 valence electrons. The van der Waals surface area contributed by atoms with Gasteiger partial charge in [-0.1, -0.05) is 30.3 Å². The van der Waals surface area contributed by atoms with Crippen molar-refractivity contribution in [1.29, 1.82) is 0 Å². The minimum absolute atomic E-state index is 0.131. The minimum atomic E-state index is -0.581. The first kappa shape index (κ1) is 22.9. The molecule has 2 unspecified atom stereocenters. The van der Waals surface area contributed by atoms with Gasteiger partial charge in [-0.2, -0.15) is 0 Å². The maximum atomic E-state index is 13.0. The zero-order valence-electron chi connectivity index (χ0n) is 19.7. The molecule has 2 aromatic carbocycles. The molecular weight excluding hydrogens is 472 g/mol. The molecule has 0 spiro atoms. The van der Waals surface area contributed by atoms with Gasteiger partial charge >= 0.3 is 0 Å². The van der Waals surface area contributed by atoms with Gasteiger partial charge in [-0.05, 0) is 53.4 Å². The molecule has 7 nitrogen and oxygen atoms in total. The van der Waals surface area contributed by atoms with E-state index in [1.807, 2.05) is 42.4 Å². The summed E-state index contributed by atoms with van der Waals surface area (Å²) in [6, 6.07) is 20.3. The van der Waals surface area contributed by atoms with E-state index in [2.05, 4.69) is 57.7 Å². The van der Waals surface area contributed by atoms with Gasteiger partial charge in [0.15, 0.2) is 0 Å². The molecule has 4 heterocycles. The Bertz CT molecular complexity index is 1270. The lowest BCUT2D eigenvalue weighted by molar-refractivity contribution is -0.136. The zero-order chi connectivity index (χ0) is 24.6. The van der Waals surface area contributed by atoms with Crippen molar-refractivity contribution in [3.63, 3.8) is 0 Å². The quantitative estimate of drug-likeness (QED) is 0.525. The van der Waals surface area contributed by atoms with E-state index < -0.39 is 6.04 Å². The summed E-state index contributed by atoms with van der Waals surface area (Å²) in [6.07, 6.45) is 4.34. The number of rotatable bonds is 6. The number of nitrogens with zero attached hydrogens (tertiary/aromatic N) is 3. The van der Waals surface area contributed by atoms with Crippen molar-refractivity contribution in [2.75, 3.05) is 13.1 Å². The standard InChI is InChI=1S/C28H26N4O3S/c33-25-9-8-24(27(34)30-25)32-15-20-14-21(6-7-23(20)28(32)35)36-22-16-31(17-22)26(18-4-2-1-3-5-18)19-10-12-29-13-11-19/h1-7,10-14,22,24,26H,8-9,15-17H2,(H,30,33,34). The van der Waals surface area contributed by atoms with E-state index in [4.69, 9.17) is 0 Å². The van der Waals surface area contributed by atoms with Crippen LogP contribution in [0.5, 0.6) is 0 Å². The van der Waals surface area contributed by atoms with Crippen LogP contribution < -0.4 is 5.32 Å². The second kappa shape index (κ2) is 9.52. The molecule has 0 saturated carbocycles. The van der Waals surface area contributed by atoms with E-state index >= 15 is 0 Å². The number of pyridine rings is 1. The minimum Gasteiger partial charge on any atom is -0.322 e. The predicted molar refractivity (Wildman–Crippen MR) is 136 cm³/mol. The number of hydrogen-bond acceptors (Lipinski definition) is 6. The third-order valence-electron chi connectivity index (χ3n) is 7.18. The fourth-order valence-electron chi connectivity index (χ4n) is 5.37. The average Bonchev–Trinajstić information content (AvgIpc) is 3.19. The molecule has 2 atom stereocenters. The van der Waals surface area contributed by atoms with Crippen LogP contribution in [0.15, 0.2) is 78.0 Å². The Kier molecular flexibility index (Phi) is 6.07. The highest BCUT2D eigenvalue weighted by Crippen LogP contribution is 2.39. The maximum absolute atomic E-state index is 13.0. The van der Waals surface area contributed by atoms with E-state index in [0.29, 0.717) is 23.8 Å². The van der Waals surface area contributed by atoms with Gasteiger partial charge in [-0.15, -0.1) is 11.8 Å². The van der Waals surface area contributed by atoms with E-state index in [0.717, 1.165) is 23.5 Å². The van der Waals surface area contributed by atoms with Crippen molar-refractivity contribution >= 4 is 29.5 Å². The Morgan fingerprint density at radius 1 is 0.944 bits per heavy atom. The van der Waals surface area contributed by atoms with Crippen LogP contribution in [-0.4, -0.2) is 56.9 Å². The molecular formula is C28H26N4O3S. The summed E-state index contributed by atoms with van der Waals surface area (Å²) in [7, 11) is 0. The first-order valence-electron chi connectivity index (χ1n) is 12.2. The fourth-order valence-corrected chi connectivity index (χ4v) is 6.64. The molecule has 3 aliphatic heterocycles. The first-order valence-corrected chi connectivity index (χ1v) is 13.1. The normalized spacial score (nSPS) is 21.2. The van der Waals surface area contributed by atoms with Gasteiger partial charge in [0.2, 0.25) is 11.8 Å². The number of nitrogens with one attached hydrogen (secondary N) is 1. The summed E-state index contributed by atoms with van der Waals surface area (Å²) in [5.41, 5.74) is 4.12. The highest BCUT2D eigenvalue weighted by atomic mass is 32.2. The molecule has 3 amide bonds. The highest BCUT2D eigenvalue weighted by Gasteiger charge is 2.39. The number of hydrogen-bond donors (Lipinski definition) is 1. The Morgan fingerprint density at radius 3 is 2.44 bits per heavy atom. The van der Waals surface area contributed by atoms with Crippen LogP contribution in [0.25, 0.3) is 0 Å². The number of likely N-dealkylation sites (tertiary alicyclic amines) is 1. The molecule has 2 fully saturated rings. The van der Waals surface area contributed by atoms with Crippen molar-refractivity contribution in [2.45, 2.75) is 41.6 Å². The second-order valence-corrected chi connectivity index (χ2v) is 10.9. The Balaban J connectivity index is 1.12. The molecule has 1 aromatic heterocycles. The molecule has 0 aliphatic carbocycles. The van der Waals surface area contributed by atoms with Crippen LogP contribution >= 0.6 is 11.8 Å². The summed E-state index contributed by atoms with van der Waals surface area (Å²) in [5.74, 6) is -0.778. The van der Waals surface area contributed by atoms with Crippen LogP contribution in [0.2, 0.25) is 0 Å². The SMILES string of the molecule is O=C1CCC(N2Cc3cc(SC4CN(C(c5ccccc5)c5ccncc5)C4)ccc3C2=O)C(=O)N1. The number of imide groups is 1. The number of piperidine rings is 1. The number of aromatic nitrogens is 1. The summed E-state index contributed by atoms with van der Waals surface area (Å²) in [5, 5.41) is 2.82. The van der Waals surface area contributed by atoms with Crippen LogP contribution in [0.1, 0.15) is 45.9 Å². The van der Waals surface area contributed by atoms with E-state index in [-0.39, 0.29) is 30.2 Å². The van der Waals surface area contributed by atoms with Crippen molar-refractivity contribution < 1.29 is 14.4 Å². The molecule has 0 radical (unpaired) electrons. The van der Waals surface area contributed by atoms with Crippen molar-refractivity contribution in [1.82, 2.24) is 20.1 Å². The Hall–Kier alpha value is -3.49. The average molecular weight is 499 g/mol. The van der Waals surface area contributed by atoms with Crippen LogP contribution in [0, 0.1) is 0 Å². The molecule has 3 aliphatic rings. The summed E-state index contributed by atoms with van der Waals surface area (Å²) in [6.45, 7) is 2.33. The fraction of sp³-hybridized carbons (Fsp3) is 0.286. The molecule has 1 N–H and O–H groups in total. The summed E-state index contributed by atoms with van der Waals surface area (Å²) in [4.78, 5) is 46.2. The Labute approximate surface area is 213 Å². The largest absolute Gasteiger partial charge is 0.322 e. The zero-order valence-corrected chi connectivity index (χ0v) is 20.5. The number of benzene rings is 2. The third-order valence-corrected chi connectivity index (χ3v) is 8.33. The van der Waals surface area contributed by atoms with Gasteiger partial charge in [0.25, 0.3) is 5.91 Å². The Morgan fingerprint density at radius 2 is 1.69 bits per heavy atom. The summed E-state index contributed by atoms with van der Waals surface area (Å²) >= 11 is 1.84. The number of thioether (sulfide) groups is 1. The van der Waals surface area contributed by atoms with Crippen molar-refractivity contribution in [2.24, 2.45) is 0 Å². The summed E-state index contributed by atoms with van der Waals surface area (Å²) < 4.78 is 0. The lowest BCUT2D eigenvalue weighted by Crippen LogP contribution is -2.52. The topological polar surface area (TPSA) is 82.6 Å². The van der Waals surface area contributed by atoms with Crippen molar-refractivity contribution in [3.8, 4) is 0 Å². The number of amides is 3. The van der Waals surface area contributed by atoms with Gasteiger partial charge in [0.1, 0.15) is 6.04 Å². The van der Waals surface area contributed by atoms with Gasteiger partial charge in [0, 0.05) is 54.2 Å². The number of carbonyl (C=O) groups excluding carboxylic acids is 3. The molecule has 3 aromatic rings. The molecule has 2 saturated heterocycles. The monoisotopic (exact) mass is 498 g/mol. The molecule has 36 heavy (non-hydrogen) atoms. The van der Waals surface area contributed by atoms with Crippen LogP contribution in [-0.2, 0) is 16.1 Å². The second-order valence-electron chi connectivity index (χ2n) is 9.51. The van der Waals surface area contributed by atoms with Crippen molar-refractivity contribution in [3.05, 3.63) is 95.3 Å². The van der Waals surface area contributed by atoms with Gasteiger partial charge in [-0.3, -0.25) is 29.6 Å².